The molecular formula is C12H16O. The van der Waals surface area contributed by atoms with Crippen molar-refractivity contribution in [1.29, 1.82) is 0 Å². The third kappa shape index (κ3) is 1.37. The molecule has 0 aliphatic heterocycles. The molecule has 0 amide bonds. The van der Waals surface area contributed by atoms with Gasteiger partial charge in [0.15, 0.2) is 0 Å². The number of hydrogen-bond donors (Lipinski definition) is 1. The van der Waals surface area contributed by atoms with Gasteiger partial charge in [0, 0.05) is 6.42 Å². The molecule has 0 fully saturated rings. The largest absolute Gasteiger partial charge is 0.388 e. The molecule has 0 saturated heterocycles. The smallest absolute Gasteiger partial charge is 0.0833 e. The van der Waals surface area contributed by atoms with Crippen molar-refractivity contribution in [3.63, 3.8) is 0 Å². The molecule has 13 heavy (non-hydrogen) atoms. The number of aliphatic hydroxyl groups is 1. The van der Waals surface area contributed by atoms with E-state index >= 15 is 0 Å². The summed E-state index contributed by atoms with van der Waals surface area (Å²) < 4.78 is 0. The lowest BCUT2D eigenvalue weighted by molar-refractivity contribution is 0.153. The Morgan fingerprint density at radius 1 is 1.31 bits per heavy atom. The fourth-order valence-electron chi connectivity index (χ4n) is 1.76. The molecule has 1 aromatic rings. The molecule has 0 bridgehead atoms. The summed E-state index contributed by atoms with van der Waals surface area (Å²) in [5.41, 5.74) is 4.02. The predicted molar refractivity (Wildman–Crippen MR) is 53.8 cm³/mol. The van der Waals surface area contributed by atoms with Gasteiger partial charge in [-0.15, -0.1) is 0 Å². The lowest BCUT2D eigenvalue weighted by Gasteiger charge is -2.29. The van der Waals surface area contributed by atoms with Crippen LogP contribution >= 0.6 is 0 Å². The summed E-state index contributed by atoms with van der Waals surface area (Å²) in [7, 11) is 0. The SMILES string of the molecule is CC(C)(C)c1ccc2c(c1)CC2O. The molecule has 0 saturated carbocycles. The Balaban J connectivity index is 2.39. The molecule has 0 spiro atoms. The van der Waals surface area contributed by atoms with E-state index in [1.165, 1.54) is 11.1 Å². The molecule has 1 aliphatic carbocycles. The van der Waals surface area contributed by atoms with Gasteiger partial charge in [0.1, 0.15) is 0 Å². The highest BCUT2D eigenvalue weighted by Gasteiger charge is 2.25. The first-order valence-electron chi connectivity index (χ1n) is 4.80. The van der Waals surface area contributed by atoms with E-state index in [4.69, 9.17) is 0 Å². The minimum absolute atomic E-state index is 0.205. The molecule has 0 aromatic heterocycles. The van der Waals surface area contributed by atoms with Gasteiger partial charge < -0.3 is 5.11 Å². The second-order valence-electron chi connectivity index (χ2n) is 4.88. The fourth-order valence-corrected chi connectivity index (χ4v) is 1.76. The summed E-state index contributed by atoms with van der Waals surface area (Å²) in [6, 6.07) is 6.41. The van der Waals surface area contributed by atoms with E-state index in [1.54, 1.807) is 0 Å². The van der Waals surface area contributed by atoms with Crippen molar-refractivity contribution >= 4 is 0 Å². The first kappa shape index (κ1) is 8.76. The van der Waals surface area contributed by atoms with Crippen LogP contribution in [-0.4, -0.2) is 5.11 Å². The van der Waals surface area contributed by atoms with Crippen molar-refractivity contribution in [2.45, 2.75) is 38.7 Å². The Morgan fingerprint density at radius 3 is 2.46 bits per heavy atom. The Kier molecular flexibility index (Phi) is 1.74. The Morgan fingerprint density at radius 2 is 2.00 bits per heavy atom. The minimum atomic E-state index is -0.205. The zero-order valence-electron chi connectivity index (χ0n) is 8.46. The summed E-state index contributed by atoms with van der Waals surface area (Å²) in [6.45, 7) is 6.64. The first-order valence-corrected chi connectivity index (χ1v) is 4.80. The van der Waals surface area contributed by atoms with Crippen LogP contribution < -0.4 is 0 Å². The maximum absolute atomic E-state index is 9.39. The van der Waals surface area contributed by atoms with Gasteiger partial charge >= 0.3 is 0 Å². The molecule has 1 nitrogen and oxygen atoms in total. The van der Waals surface area contributed by atoms with Crippen LogP contribution in [0.5, 0.6) is 0 Å². The highest BCUT2D eigenvalue weighted by molar-refractivity contribution is 5.42. The van der Waals surface area contributed by atoms with Crippen LogP contribution in [0.15, 0.2) is 18.2 Å². The third-order valence-electron chi connectivity index (χ3n) is 2.78. The molecule has 70 valence electrons. The molecule has 1 atom stereocenters. The lowest BCUT2D eigenvalue weighted by Crippen LogP contribution is -2.19. The average Bonchev–Trinajstić information content (AvgIpc) is 2.00. The maximum atomic E-state index is 9.39. The quantitative estimate of drug-likeness (QED) is 0.644. The molecule has 2 rings (SSSR count). The van der Waals surface area contributed by atoms with Gasteiger partial charge in [-0.1, -0.05) is 39.0 Å². The Hall–Kier alpha value is -0.820. The van der Waals surface area contributed by atoms with Gasteiger partial charge in [0.05, 0.1) is 6.10 Å². The summed E-state index contributed by atoms with van der Waals surface area (Å²) >= 11 is 0. The van der Waals surface area contributed by atoms with Crippen molar-refractivity contribution in [3.05, 3.63) is 34.9 Å². The summed E-state index contributed by atoms with van der Waals surface area (Å²) in [5, 5.41) is 9.39. The average molecular weight is 176 g/mol. The summed E-state index contributed by atoms with van der Waals surface area (Å²) in [5.74, 6) is 0. The van der Waals surface area contributed by atoms with Gasteiger partial charge in [-0.05, 0) is 22.1 Å². The molecule has 1 aliphatic rings. The molecule has 1 unspecified atom stereocenters. The zero-order chi connectivity index (χ0) is 9.64. The monoisotopic (exact) mass is 176 g/mol. The highest BCUT2D eigenvalue weighted by Crippen LogP contribution is 2.35. The Bertz CT molecular complexity index is 333. The van der Waals surface area contributed by atoms with E-state index < -0.39 is 0 Å². The lowest BCUT2D eigenvalue weighted by atomic mass is 9.79. The van der Waals surface area contributed by atoms with Gasteiger partial charge in [-0.3, -0.25) is 0 Å². The number of benzene rings is 1. The van der Waals surface area contributed by atoms with E-state index in [2.05, 4.69) is 39.0 Å². The number of hydrogen-bond acceptors (Lipinski definition) is 1. The fraction of sp³-hybridized carbons (Fsp3) is 0.500. The first-order chi connectivity index (χ1) is 5.98. The normalized spacial score (nSPS) is 20.8. The minimum Gasteiger partial charge on any atom is -0.388 e. The molecular weight excluding hydrogens is 160 g/mol. The van der Waals surface area contributed by atoms with E-state index in [0.717, 1.165) is 12.0 Å². The van der Waals surface area contributed by atoms with Crippen LogP contribution in [0.4, 0.5) is 0 Å². The van der Waals surface area contributed by atoms with Crippen LogP contribution in [0.25, 0.3) is 0 Å². The van der Waals surface area contributed by atoms with E-state index in [0.29, 0.717) is 0 Å². The van der Waals surface area contributed by atoms with Crippen molar-refractivity contribution < 1.29 is 5.11 Å². The van der Waals surface area contributed by atoms with Crippen LogP contribution in [0.2, 0.25) is 0 Å². The van der Waals surface area contributed by atoms with E-state index in [-0.39, 0.29) is 11.5 Å². The van der Waals surface area contributed by atoms with Gasteiger partial charge in [-0.2, -0.15) is 0 Å². The van der Waals surface area contributed by atoms with Crippen molar-refractivity contribution in [2.24, 2.45) is 0 Å². The summed E-state index contributed by atoms with van der Waals surface area (Å²) in [4.78, 5) is 0. The van der Waals surface area contributed by atoms with Crippen molar-refractivity contribution in [3.8, 4) is 0 Å². The zero-order valence-corrected chi connectivity index (χ0v) is 8.46. The number of aliphatic hydroxyl groups excluding tert-OH is 1. The molecule has 1 heteroatoms. The third-order valence-corrected chi connectivity index (χ3v) is 2.78. The standard InChI is InChI=1S/C12H16O/c1-12(2,3)9-4-5-10-8(6-9)7-11(10)13/h4-6,11,13H,7H2,1-3H3. The topological polar surface area (TPSA) is 20.2 Å². The van der Waals surface area contributed by atoms with Crippen molar-refractivity contribution in [1.82, 2.24) is 0 Å². The highest BCUT2D eigenvalue weighted by atomic mass is 16.3. The number of fused-ring (bicyclic) bond motifs is 1. The molecule has 1 aromatic carbocycles. The van der Waals surface area contributed by atoms with Crippen LogP contribution in [0.1, 0.15) is 43.6 Å². The van der Waals surface area contributed by atoms with Crippen LogP contribution in [0, 0.1) is 0 Å². The van der Waals surface area contributed by atoms with Gasteiger partial charge in [0.2, 0.25) is 0 Å². The Labute approximate surface area is 79.4 Å². The van der Waals surface area contributed by atoms with E-state index in [9.17, 15) is 5.11 Å². The van der Waals surface area contributed by atoms with Crippen LogP contribution in [0.3, 0.4) is 0 Å². The van der Waals surface area contributed by atoms with Gasteiger partial charge in [0.25, 0.3) is 0 Å². The molecule has 1 N–H and O–H groups in total. The van der Waals surface area contributed by atoms with E-state index in [1.807, 2.05) is 0 Å². The second-order valence-corrected chi connectivity index (χ2v) is 4.88. The van der Waals surface area contributed by atoms with Crippen molar-refractivity contribution in [2.75, 3.05) is 0 Å². The maximum Gasteiger partial charge on any atom is 0.0833 e. The predicted octanol–water partition coefficient (Wildman–Crippen LogP) is 2.57. The van der Waals surface area contributed by atoms with Gasteiger partial charge in [-0.25, -0.2) is 0 Å². The van der Waals surface area contributed by atoms with Crippen LogP contribution in [-0.2, 0) is 11.8 Å². The second kappa shape index (κ2) is 2.58. The summed E-state index contributed by atoms with van der Waals surface area (Å²) in [6.07, 6.45) is 0.628. The molecule has 0 radical (unpaired) electrons. The number of rotatable bonds is 0. The molecule has 0 heterocycles.